The molecule has 2 fully saturated rings. The molecule has 1 saturated heterocycles. The SMILES string of the molecule is C=CCN1CC[C@]23CC(=O)CC[C@@]2(O)C1Cc1ccc(O)cc13. The highest BCUT2D eigenvalue weighted by Crippen LogP contribution is 2.57. The van der Waals surface area contributed by atoms with Crippen molar-refractivity contribution >= 4 is 5.78 Å². The van der Waals surface area contributed by atoms with Gasteiger partial charge in [0.2, 0.25) is 0 Å². The molecule has 4 rings (SSSR count). The predicted molar refractivity (Wildman–Crippen MR) is 87.5 cm³/mol. The average molecular weight is 313 g/mol. The van der Waals surface area contributed by atoms with Crippen LogP contribution in [-0.2, 0) is 16.6 Å². The lowest BCUT2D eigenvalue weighted by atomic mass is 9.49. The largest absolute Gasteiger partial charge is 0.508 e. The minimum absolute atomic E-state index is 0.0133. The Morgan fingerprint density at radius 3 is 3.00 bits per heavy atom. The number of phenolic OH excluding ortho intramolecular Hbond substituents is 1. The van der Waals surface area contributed by atoms with E-state index in [9.17, 15) is 15.0 Å². The number of aliphatic hydroxyl groups is 1. The lowest BCUT2D eigenvalue weighted by Crippen LogP contribution is -2.73. The second-order valence-electron chi connectivity index (χ2n) is 7.32. The lowest BCUT2D eigenvalue weighted by molar-refractivity contribution is -0.170. The predicted octanol–water partition coefficient (Wildman–Crippen LogP) is 1.93. The number of likely N-dealkylation sites (tertiary alicyclic amines) is 1. The summed E-state index contributed by atoms with van der Waals surface area (Å²) in [6.07, 6.45) is 4.74. The van der Waals surface area contributed by atoms with Crippen LogP contribution in [0.3, 0.4) is 0 Å². The summed E-state index contributed by atoms with van der Waals surface area (Å²) >= 11 is 0. The molecule has 1 heterocycles. The van der Waals surface area contributed by atoms with Gasteiger partial charge in [0.1, 0.15) is 11.5 Å². The van der Waals surface area contributed by atoms with Crippen LogP contribution in [0.15, 0.2) is 30.9 Å². The molecule has 23 heavy (non-hydrogen) atoms. The number of benzene rings is 1. The second kappa shape index (κ2) is 4.92. The van der Waals surface area contributed by atoms with E-state index in [0.29, 0.717) is 19.3 Å². The molecule has 0 aromatic heterocycles. The molecular formula is C19H23NO3. The summed E-state index contributed by atoms with van der Waals surface area (Å²) in [5.74, 6) is 0.437. The lowest BCUT2D eigenvalue weighted by Gasteiger charge is -2.63. The molecule has 4 nitrogen and oxygen atoms in total. The Bertz CT molecular complexity index is 685. The van der Waals surface area contributed by atoms with E-state index >= 15 is 0 Å². The molecule has 122 valence electrons. The number of rotatable bonds is 2. The van der Waals surface area contributed by atoms with Gasteiger partial charge in [-0.2, -0.15) is 0 Å². The van der Waals surface area contributed by atoms with Crippen molar-refractivity contribution in [2.24, 2.45) is 0 Å². The Morgan fingerprint density at radius 1 is 1.39 bits per heavy atom. The van der Waals surface area contributed by atoms with Crippen LogP contribution in [0, 0.1) is 0 Å². The summed E-state index contributed by atoms with van der Waals surface area (Å²) in [6.45, 7) is 5.45. The zero-order chi connectivity index (χ0) is 16.2. The molecule has 3 aliphatic rings. The second-order valence-corrected chi connectivity index (χ2v) is 7.32. The number of aromatic hydroxyl groups is 1. The molecule has 2 bridgehead atoms. The van der Waals surface area contributed by atoms with E-state index in [2.05, 4.69) is 11.5 Å². The summed E-state index contributed by atoms with van der Waals surface area (Å²) in [6, 6.07) is 5.45. The topological polar surface area (TPSA) is 60.8 Å². The minimum Gasteiger partial charge on any atom is -0.508 e. The molecule has 3 atom stereocenters. The van der Waals surface area contributed by atoms with Crippen molar-refractivity contribution in [2.45, 2.75) is 49.2 Å². The Labute approximate surface area is 136 Å². The van der Waals surface area contributed by atoms with Crippen LogP contribution in [-0.4, -0.2) is 45.6 Å². The van der Waals surface area contributed by atoms with Gasteiger partial charge in [0.05, 0.1) is 5.60 Å². The van der Waals surface area contributed by atoms with Crippen molar-refractivity contribution in [3.05, 3.63) is 42.0 Å². The maximum atomic E-state index is 12.3. The Morgan fingerprint density at radius 2 is 2.22 bits per heavy atom. The fraction of sp³-hybridized carbons (Fsp3) is 0.526. The van der Waals surface area contributed by atoms with Gasteiger partial charge in [-0.1, -0.05) is 12.1 Å². The van der Waals surface area contributed by atoms with Crippen LogP contribution in [0.25, 0.3) is 0 Å². The van der Waals surface area contributed by atoms with E-state index in [1.807, 2.05) is 12.1 Å². The maximum absolute atomic E-state index is 12.3. The van der Waals surface area contributed by atoms with Gasteiger partial charge in [-0.15, -0.1) is 6.58 Å². The summed E-state index contributed by atoms with van der Waals surface area (Å²) in [5.41, 5.74) is 0.698. The number of Topliss-reactive ketones (excluding diaryl/α,β-unsaturated/α-hetero) is 1. The van der Waals surface area contributed by atoms with Crippen molar-refractivity contribution in [2.75, 3.05) is 13.1 Å². The van der Waals surface area contributed by atoms with E-state index in [4.69, 9.17) is 0 Å². The smallest absolute Gasteiger partial charge is 0.134 e. The van der Waals surface area contributed by atoms with Gasteiger partial charge in [0, 0.05) is 30.8 Å². The first-order chi connectivity index (χ1) is 11.0. The first-order valence-corrected chi connectivity index (χ1v) is 8.41. The first-order valence-electron chi connectivity index (χ1n) is 8.41. The number of carbonyl (C=O) groups excluding carboxylic acids is 1. The first kappa shape index (κ1) is 14.9. The molecular weight excluding hydrogens is 290 g/mol. The molecule has 0 amide bonds. The number of hydrogen-bond acceptors (Lipinski definition) is 4. The zero-order valence-corrected chi connectivity index (χ0v) is 13.3. The van der Waals surface area contributed by atoms with Crippen LogP contribution >= 0.6 is 0 Å². The van der Waals surface area contributed by atoms with Crippen LogP contribution < -0.4 is 0 Å². The van der Waals surface area contributed by atoms with E-state index < -0.39 is 11.0 Å². The van der Waals surface area contributed by atoms with Crippen LogP contribution in [0.1, 0.15) is 36.8 Å². The third kappa shape index (κ3) is 1.88. The number of phenols is 1. The third-order valence-corrected chi connectivity index (χ3v) is 6.32. The van der Waals surface area contributed by atoms with Crippen molar-refractivity contribution in [1.29, 1.82) is 0 Å². The van der Waals surface area contributed by atoms with E-state index in [0.717, 1.165) is 37.1 Å². The van der Waals surface area contributed by atoms with Crippen molar-refractivity contribution in [3.8, 4) is 5.75 Å². The molecule has 2 aliphatic carbocycles. The summed E-state index contributed by atoms with van der Waals surface area (Å²) in [5, 5.41) is 21.7. The van der Waals surface area contributed by atoms with E-state index in [-0.39, 0.29) is 17.6 Å². The highest BCUT2D eigenvalue weighted by atomic mass is 16.3. The Balaban J connectivity index is 1.92. The van der Waals surface area contributed by atoms with Gasteiger partial charge in [0.15, 0.2) is 0 Å². The number of carbonyl (C=O) groups is 1. The van der Waals surface area contributed by atoms with Gasteiger partial charge in [0.25, 0.3) is 0 Å². The number of hydrogen-bond donors (Lipinski definition) is 2. The monoisotopic (exact) mass is 313 g/mol. The zero-order valence-electron chi connectivity index (χ0n) is 13.3. The standard InChI is InChI=1S/C19H23NO3/c1-2-8-20-9-7-18-12-15(22)5-6-19(18,23)17(20)10-13-3-4-14(21)11-16(13)18/h2-4,11,17,21,23H,1,5-10,12H2/t17?,18-,19-/m1/s1. The molecule has 1 saturated carbocycles. The minimum atomic E-state index is -0.900. The molecule has 1 aromatic carbocycles. The highest BCUT2D eigenvalue weighted by Gasteiger charge is 2.64. The molecule has 1 unspecified atom stereocenters. The summed E-state index contributed by atoms with van der Waals surface area (Å²) in [7, 11) is 0. The molecule has 0 radical (unpaired) electrons. The van der Waals surface area contributed by atoms with Crippen molar-refractivity contribution < 1.29 is 15.0 Å². The normalized spacial score (nSPS) is 36.2. The average Bonchev–Trinajstić information content (AvgIpc) is 2.52. The number of ketones is 1. The number of fused-ring (bicyclic) bond motifs is 1. The van der Waals surface area contributed by atoms with Crippen molar-refractivity contribution in [3.63, 3.8) is 0 Å². The van der Waals surface area contributed by atoms with Gasteiger partial charge in [-0.3, -0.25) is 9.69 Å². The molecule has 2 N–H and O–H groups in total. The Kier molecular flexibility index (Phi) is 3.19. The van der Waals surface area contributed by atoms with Gasteiger partial charge in [-0.25, -0.2) is 0 Å². The van der Waals surface area contributed by atoms with Gasteiger partial charge < -0.3 is 10.2 Å². The quantitative estimate of drug-likeness (QED) is 0.819. The van der Waals surface area contributed by atoms with E-state index in [1.54, 1.807) is 12.1 Å². The van der Waals surface area contributed by atoms with Crippen molar-refractivity contribution in [1.82, 2.24) is 4.90 Å². The maximum Gasteiger partial charge on any atom is 0.134 e. The third-order valence-electron chi connectivity index (χ3n) is 6.32. The molecule has 4 heteroatoms. The summed E-state index contributed by atoms with van der Waals surface area (Å²) in [4.78, 5) is 14.6. The van der Waals surface area contributed by atoms with Crippen LogP contribution in [0.4, 0.5) is 0 Å². The highest BCUT2D eigenvalue weighted by molar-refractivity contribution is 5.82. The summed E-state index contributed by atoms with van der Waals surface area (Å²) < 4.78 is 0. The number of nitrogens with zero attached hydrogens (tertiary/aromatic N) is 1. The number of piperidine rings is 1. The van der Waals surface area contributed by atoms with E-state index in [1.165, 1.54) is 0 Å². The molecule has 0 spiro atoms. The fourth-order valence-corrected chi connectivity index (χ4v) is 5.27. The van der Waals surface area contributed by atoms with Gasteiger partial charge >= 0.3 is 0 Å². The van der Waals surface area contributed by atoms with Crippen LogP contribution in [0.2, 0.25) is 0 Å². The molecule has 1 aliphatic heterocycles. The van der Waals surface area contributed by atoms with Crippen LogP contribution in [0.5, 0.6) is 5.75 Å². The molecule has 1 aromatic rings. The van der Waals surface area contributed by atoms with Gasteiger partial charge in [-0.05, 0) is 49.1 Å². The fourth-order valence-electron chi connectivity index (χ4n) is 5.27. The Hall–Kier alpha value is -1.65.